The third-order valence-corrected chi connectivity index (χ3v) is 4.11. The molecule has 1 aliphatic carbocycles. The van der Waals surface area contributed by atoms with E-state index in [0.717, 1.165) is 18.5 Å². The van der Waals surface area contributed by atoms with Crippen LogP contribution in [0.2, 0.25) is 0 Å². The first-order valence-electron chi connectivity index (χ1n) is 7.19. The van der Waals surface area contributed by atoms with Crippen molar-refractivity contribution in [1.82, 2.24) is 20.0 Å². The van der Waals surface area contributed by atoms with E-state index in [1.54, 1.807) is 9.58 Å². The van der Waals surface area contributed by atoms with E-state index in [-0.39, 0.29) is 23.9 Å². The Kier molecular flexibility index (Phi) is 3.23. The van der Waals surface area contributed by atoms with E-state index in [0.29, 0.717) is 18.9 Å². The summed E-state index contributed by atoms with van der Waals surface area (Å²) in [6, 6.07) is 1.19. The summed E-state index contributed by atoms with van der Waals surface area (Å²) < 4.78 is 1.71. The molecule has 6 nitrogen and oxygen atoms in total. The van der Waals surface area contributed by atoms with Gasteiger partial charge < -0.3 is 10.2 Å². The molecule has 3 rings (SSSR count). The van der Waals surface area contributed by atoms with Gasteiger partial charge in [0.15, 0.2) is 0 Å². The molecule has 2 fully saturated rings. The zero-order valence-electron chi connectivity index (χ0n) is 11.9. The highest BCUT2D eigenvalue weighted by Gasteiger charge is 2.46. The van der Waals surface area contributed by atoms with Gasteiger partial charge in [0, 0.05) is 13.2 Å². The highest BCUT2D eigenvalue weighted by atomic mass is 16.2. The van der Waals surface area contributed by atoms with Crippen LogP contribution in [0, 0.1) is 5.92 Å². The first kappa shape index (κ1) is 13.1. The number of aromatic nitrogens is 2. The Hall–Kier alpha value is -1.85. The molecule has 2 atom stereocenters. The minimum absolute atomic E-state index is 0.0278. The third kappa shape index (κ3) is 2.30. The number of nitrogens with zero attached hydrogens (tertiary/aromatic N) is 3. The van der Waals surface area contributed by atoms with E-state index in [2.05, 4.69) is 10.4 Å². The summed E-state index contributed by atoms with van der Waals surface area (Å²) in [4.78, 5) is 26.5. The van der Waals surface area contributed by atoms with Gasteiger partial charge in [0.2, 0.25) is 11.8 Å². The first-order chi connectivity index (χ1) is 9.60. The van der Waals surface area contributed by atoms with Crippen LogP contribution in [0.1, 0.15) is 31.9 Å². The van der Waals surface area contributed by atoms with Crippen molar-refractivity contribution in [2.45, 2.75) is 44.8 Å². The Morgan fingerprint density at radius 1 is 1.40 bits per heavy atom. The van der Waals surface area contributed by atoms with Crippen LogP contribution in [-0.2, 0) is 23.2 Å². The second-order valence-electron chi connectivity index (χ2n) is 5.69. The number of piperazine rings is 1. The number of carbonyl (C=O) groups is 2. The van der Waals surface area contributed by atoms with Gasteiger partial charge in [-0.25, -0.2) is 0 Å². The van der Waals surface area contributed by atoms with Crippen LogP contribution in [0.25, 0.3) is 0 Å². The van der Waals surface area contributed by atoms with Crippen molar-refractivity contribution < 1.29 is 9.59 Å². The number of rotatable bonds is 4. The fraction of sp³-hybridized carbons (Fsp3) is 0.643. The molecule has 20 heavy (non-hydrogen) atoms. The molecule has 1 aromatic rings. The van der Waals surface area contributed by atoms with Gasteiger partial charge in [0.25, 0.3) is 0 Å². The monoisotopic (exact) mass is 276 g/mol. The maximum absolute atomic E-state index is 12.6. The van der Waals surface area contributed by atoms with Crippen LogP contribution in [0.3, 0.4) is 0 Å². The molecule has 1 aliphatic heterocycles. The van der Waals surface area contributed by atoms with Gasteiger partial charge in [-0.1, -0.05) is 6.92 Å². The van der Waals surface area contributed by atoms with E-state index >= 15 is 0 Å². The molecule has 2 amide bonds. The van der Waals surface area contributed by atoms with E-state index in [4.69, 9.17) is 0 Å². The smallest absolute Gasteiger partial charge is 0.246 e. The molecule has 6 heteroatoms. The van der Waals surface area contributed by atoms with Crippen LogP contribution in [0.5, 0.6) is 0 Å². The Morgan fingerprint density at radius 3 is 2.70 bits per heavy atom. The van der Waals surface area contributed by atoms with Gasteiger partial charge in [-0.3, -0.25) is 14.3 Å². The van der Waals surface area contributed by atoms with Crippen molar-refractivity contribution >= 4 is 11.8 Å². The quantitative estimate of drug-likeness (QED) is 0.867. The van der Waals surface area contributed by atoms with Gasteiger partial charge in [-0.15, -0.1) is 0 Å². The summed E-state index contributed by atoms with van der Waals surface area (Å²) in [6.07, 6.45) is 4.54. The maximum Gasteiger partial charge on any atom is 0.246 e. The van der Waals surface area contributed by atoms with Gasteiger partial charge in [-0.2, -0.15) is 5.10 Å². The highest BCUT2D eigenvalue weighted by molar-refractivity contribution is 5.97. The van der Waals surface area contributed by atoms with Gasteiger partial charge in [0.1, 0.15) is 12.1 Å². The van der Waals surface area contributed by atoms with Crippen molar-refractivity contribution in [2.24, 2.45) is 13.0 Å². The number of hydrogen-bond donors (Lipinski definition) is 1. The van der Waals surface area contributed by atoms with E-state index < -0.39 is 0 Å². The second-order valence-corrected chi connectivity index (χ2v) is 5.69. The first-order valence-corrected chi connectivity index (χ1v) is 7.19. The zero-order valence-corrected chi connectivity index (χ0v) is 11.9. The SMILES string of the molecule is CCC1C(=O)NC(C2CC2)C(=O)N1Cc1ccn(C)n1. The lowest BCUT2D eigenvalue weighted by molar-refractivity contribution is -0.150. The lowest BCUT2D eigenvalue weighted by atomic mass is 10.0. The summed E-state index contributed by atoms with van der Waals surface area (Å²) in [5.74, 6) is 0.347. The lowest BCUT2D eigenvalue weighted by Gasteiger charge is -2.38. The molecule has 108 valence electrons. The van der Waals surface area contributed by atoms with E-state index in [1.807, 2.05) is 26.2 Å². The van der Waals surface area contributed by atoms with Crippen molar-refractivity contribution in [3.63, 3.8) is 0 Å². The molecule has 2 unspecified atom stereocenters. The zero-order chi connectivity index (χ0) is 14.3. The summed E-state index contributed by atoms with van der Waals surface area (Å²) in [6.45, 7) is 2.34. The Balaban J connectivity index is 1.82. The molecular formula is C14H20N4O2. The van der Waals surface area contributed by atoms with Crippen LogP contribution >= 0.6 is 0 Å². The highest BCUT2D eigenvalue weighted by Crippen LogP contribution is 2.35. The number of amides is 2. The molecule has 1 N–H and O–H groups in total. The molecule has 2 aliphatic rings. The third-order valence-electron chi connectivity index (χ3n) is 4.11. The average molecular weight is 276 g/mol. The molecule has 0 radical (unpaired) electrons. The van der Waals surface area contributed by atoms with Crippen molar-refractivity contribution in [1.29, 1.82) is 0 Å². The van der Waals surface area contributed by atoms with Gasteiger partial charge >= 0.3 is 0 Å². The molecular weight excluding hydrogens is 256 g/mol. The normalized spacial score (nSPS) is 26.8. The van der Waals surface area contributed by atoms with Crippen LogP contribution in [-0.4, -0.2) is 38.6 Å². The minimum atomic E-state index is -0.375. The largest absolute Gasteiger partial charge is 0.342 e. The van der Waals surface area contributed by atoms with Crippen molar-refractivity contribution in [2.75, 3.05) is 0 Å². The second kappa shape index (κ2) is 4.92. The molecule has 0 spiro atoms. The summed E-state index contributed by atoms with van der Waals surface area (Å²) in [5, 5.41) is 7.20. The molecule has 1 aromatic heterocycles. The number of carbonyl (C=O) groups excluding carboxylic acids is 2. The predicted octanol–water partition coefficient (Wildman–Crippen LogP) is 0.436. The maximum atomic E-state index is 12.6. The molecule has 1 saturated carbocycles. The summed E-state index contributed by atoms with van der Waals surface area (Å²) in [7, 11) is 1.85. The lowest BCUT2D eigenvalue weighted by Crippen LogP contribution is -2.63. The Labute approximate surface area is 118 Å². The number of hydrogen-bond acceptors (Lipinski definition) is 3. The topological polar surface area (TPSA) is 67.2 Å². The Morgan fingerprint density at radius 2 is 2.15 bits per heavy atom. The van der Waals surface area contributed by atoms with Gasteiger partial charge in [-0.05, 0) is 31.2 Å². The minimum Gasteiger partial charge on any atom is -0.342 e. The van der Waals surface area contributed by atoms with Crippen LogP contribution in [0.4, 0.5) is 0 Å². The fourth-order valence-electron chi connectivity index (χ4n) is 2.85. The summed E-state index contributed by atoms with van der Waals surface area (Å²) >= 11 is 0. The average Bonchev–Trinajstić information content (AvgIpc) is 3.17. The molecule has 1 saturated heterocycles. The Bertz CT molecular complexity index is 535. The van der Waals surface area contributed by atoms with E-state index in [9.17, 15) is 9.59 Å². The molecule has 2 heterocycles. The summed E-state index contributed by atoms with van der Waals surface area (Å²) in [5.41, 5.74) is 0.823. The predicted molar refractivity (Wildman–Crippen MR) is 72.5 cm³/mol. The van der Waals surface area contributed by atoms with Crippen LogP contribution < -0.4 is 5.32 Å². The fourth-order valence-corrected chi connectivity index (χ4v) is 2.85. The van der Waals surface area contributed by atoms with Crippen molar-refractivity contribution in [3.8, 4) is 0 Å². The standard InChI is InChI=1S/C14H20N4O2/c1-3-11-13(19)15-12(9-4-5-9)14(20)18(11)8-10-6-7-17(2)16-10/h6-7,9,11-12H,3-5,8H2,1-2H3,(H,15,19). The van der Waals surface area contributed by atoms with Gasteiger partial charge in [0.05, 0.1) is 12.2 Å². The molecule has 0 aromatic carbocycles. The van der Waals surface area contributed by atoms with Crippen LogP contribution in [0.15, 0.2) is 12.3 Å². The van der Waals surface area contributed by atoms with E-state index in [1.165, 1.54) is 0 Å². The molecule has 0 bridgehead atoms. The number of aryl methyl sites for hydroxylation is 1. The van der Waals surface area contributed by atoms with Crippen molar-refractivity contribution in [3.05, 3.63) is 18.0 Å². The number of nitrogens with one attached hydrogen (secondary N) is 1.